The maximum absolute atomic E-state index is 12.7. The molecule has 1 aromatic rings. The highest BCUT2D eigenvalue weighted by Crippen LogP contribution is 2.30. The van der Waals surface area contributed by atoms with Crippen LogP contribution in [0.3, 0.4) is 0 Å². The molecule has 1 amide bonds. The minimum atomic E-state index is -4.44. The highest BCUT2D eigenvalue weighted by molar-refractivity contribution is 5.94. The molecule has 4 nitrogen and oxygen atoms in total. The highest BCUT2D eigenvalue weighted by atomic mass is 19.4. The van der Waals surface area contributed by atoms with Crippen LogP contribution in [0.2, 0.25) is 0 Å². The Kier molecular flexibility index (Phi) is 5.64. The minimum absolute atomic E-state index is 0.0818. The first-order valence-electron chi connectivity index (χ1n) is 7.64. The first-order chi connectivity index (χ1) is 10.8. The van der Waals surface area contributed by atoms with Crippen LogP contribution in [0.1, 0.15) is 25.3 Å². The predicted octanol–water partition coefficient (Wildman–Crippen LogP) is 2.74. The zero-order valence-electron chi connectivity index (χ0n) is 12.9. The zero-order valence-corrected chi connectivity index (χ0v) is 12.9. The van der Waals surface area contributed by atoms with Crippen molar-refractivity contribution in [2.75, 3.05) is 25.0 Å². The summed E-state index contributed by atoms with van der Waals surface area (Å²) in [6, 6.07) is 4.14. The van der Waals surface area contributed by atoms with Crippen molar-refractivity contribution in [3.63, 3.8) is 0 Å². The van der Waals surface area contributed by atoms with Crippen molar-refractivity contribution in [2.24, 2.45) is 5.92 Å². The fourth-order valence-corrected chi connectivity index (χ4v) is 2.78. The number of carbonyl (C=O) groups excluding carboxylic acids is 1. The van der Waals surface area contributed by atoms with E-state index in [-0.39, 0.29) is 24.1 Å². The number of halogens is 3. The summed E-state index contributed by atoms with van der Waals surface area (Å²) in [5, 5.41) is 11.8. The number of aliphatic hydroxyl groups is 1. The van der Waals surface area contributed by atoms with Gasteiger partial charge in [0.15, 0.2) is 0 Å². The van der Waals surface area contributed by atoms with Crippen LogP contribution in [0, 0.1) is 5.92 Å². The van der Waals surface area contributed by atoms with Crippen LogP contribution in [-0.4, -0.2) is 41.7 Å². The summed E-state index contributed by atoms with van der Waals surface area (Å²) in [5.74, 6) is -0.199. The first kappa shape index (κ1) is 17.7. The number of rotatable bonds is 4. The number of nitrogens with one attached hydrogen (secondary N) is 1. The molecule has 2 N–H and O–H groups in total. The van der Waals surface area contributed by atoms with Crippen molar-refractivity contribution < 1.29 is 23.1 Å². The molecule has 0 bridgehead atoms. The maximum Gasteiger partial charge on any atom is 0.416 e. The van der Waals surface area contributed by atoms with Gasteiger partial charge in [-0.1, -0.05) is 6.07 Å². The van der Waals surface area contributed by atoms with Gasteiger partial charge in [-0.15, -0.1) is 0 Å². The maximum atomic E-state index is 12.7. The Morgan fingerprint density at radius 2 is 2.22 bits per heavy atom. The molecule has 1 heterocycles. The second-order valence-corrected chi connectivity index (χ2v) is 5.93. The molecule has 0 spiro atoms. The molecule has 1 saturated heterocycles. The molecule has 7 heteroatoms. The summed E-state index contributed by atoms with van der Waals surface area (Å²) in [4.78, 5) is 14.2. The number of carbonyl (C=O) groups is 1. The fourth-order valence-electron chi connectivity index (χ4n) is 2.78. The van der Waals surface area contributed by atoms with Gasteiger partial charge in [-0.05, 0) is 50.4 Å². The van der Waals surface area contributed by atoms with Gasteiger partial charge >= 0.3 is 6.18 Å². The molecule has 1 aliphatic rings. The summed E-state index contributed by atoms with van der Waals surface area (Å²) >= 11 is 0. The van der Waals surface area contributed by atoms with Crippen LogP contribution in [0.4, 0.5) is 18.9 Å². The molecule has 0 aliphatic carbocycles. The lowest BCUT2D eigenvalue weighted by molar-refractivity contribution is -0.137. The Bertz CT molecular complexity index is 548. The van der Waals surface area contributed by atoms with E-state index in [1.54, 1.807) is 6.92 Å². The highest BCUT2D eigenvalue weighted by Gasteiger charge is 2.31. The third-order valence-electron chi connectivity index (χ3n) is 4.19. The molecule has 1 aromatic carbocycles. The molecule has 1 aliphatic heterocycles. The molecule has 2 unspecified atom stereocenters. The van der Waals surface area contributed by atoms with Gasteiger partial charge in [0.05, 0.1) is 11.6 Å². The van der Waals surface area contributed by atoms with Crippen LogP contribution >= 0.6 is 0 Å². The molecular formula is C16H21F3N2O2. The van der Waals surface area contributed by atoms with Crippen LogP contribution < -0.4 is 5.32 Å². The van der Waals surface area contributed by atoms with Gasteiger partial charge in [-0.25, -0.2) is 0 Å². The molecule has 128 valence electrons. The third kappa shape index (κ3) is 4.68. The molecular weight excluding hydrogens is 309 g/mol. The van der Waals surface area contributed by atoms with Crippen molar-refractivity contribution in [3.05, 3.63) is 29.8 Å². The second-order valence-electron chi connectivity index (χ2n) is 5.93. The zero-order chi connectivity index (χ0) is 17.0. The van der Waals surface area contributed by atoms with E-state index in [0.29, 0.717) is 6.54 Å². The summed E-state index contributed by atoms with van der Waals surface area (Å²) in [6.07, 6.45) is -2.62. The molecule has 2 rings (SSSR count). The van der Waals surface area contributed by atoms with E-state index in [4.69, 9.17) is 0 Å². The summed E-state index contributed by atoms with van der Waals surface area (Å²) in [7, 11) is 0. The average Bonchev–Trinajstić information content (AvgIpc) is 2.53. The van der Waals surface area contributed by atoms with E-state index < -0.39 is 17.8 Å². The monoisotopic (exact) mass is 330 g/mol. The second kappa shape index (κ2) is 7.31. The van der Waals surface area contributed by atoms with Crippen molar-refractivity contribution in [2.45, 2.75) is 32.0 Å². The summed E-state index contributed by atoms with van der Waals surface area (Å²) in [6.45, 7) is 3.17. The van der Waals surface area contributed by atoms with Gasteiger partial charge in [-0.2, -0.15) is 13.2 Å². The average molecular weight is 330 g/mol. The van der Waals surface area contributed by atoms with E-state index >= 15 is 0 Å². The fraction of sp³-hybridized carbons (Fsp3) is 0.562. The summed E-state index contributed by atoms with van der Waals surface area (Å²) < 4.78 is 38.1. The topological polar surface area (TPSA) is 52.6 Å². The van der Waals surface area contributed by atoms with E-state index in [1.807, 2.05) is 4.90 Å². The van der Waals surface area contributed by atoms with E-state index in [0.717, 1.165) is 31.5 Å². The molecule has 23 heavy (non-hydrogen) atoms. The van der Waals surface area contributed by atoms with Crippen LogP contribution in [0.25, 0.3) is 0 Å². The van der Waals surface area contributed by atoms with Gasteiger partial charge in [-0.3, -0.25) is 9.69 Å². The standard InChI is InChI=1S/C16H21F3N2O2/c1-11(21-7-3-4-12(9-21)10-22)15(23)20-14-6-2-5-13(8-14)16(17,18)19/h2,5-6,8,11-12,22H,3-4,7,9-10H2,1H3,(H,20,23). The van der Waals surface area contributed by atoms with E-state index in [9.17, 15) is 23.1 Å². The van der Waals surface area contributed by atoms with Crippen LogP contribution in [0.5, 0.6) is 0 Å². The van der Waals surface area contributed by atoms with Gasteiger partial charge in [0.2, 0.25) is 5.91 Å². The van der Waals surface area contributed by atoms with Crippen molar-refractivity contribution in [1.29, 1.82) is 0 Å². The van der Waals surface area contributed by atoms with Crippen molar-refractivity contribution in [1.82, 2.24) is 4.90 Å². The number of nitrogens with zero attached hydrogens (tertiary/aromatic N) is 1. The number of alkyl halides is 3. The van der Waals surface area contributed by atoms with E-state index in [1.165, 1.54) is 12.1 Å². The number of anilines is 1. The molecule has 0 radical (unpaired) electrons. The normalized spacial score (nSPS) is 21.0. The Labute approximate surface area is 133 Å². The van der Waals surface area contributed by atoms with Crippen molar-refractivity contribution in [3.8, 4) is 0 Å². The largest absolute Gasteiger partial charge is 0.416 e. The smallest absolute Gasteiger partial charge is 0.396 e. The van der Waals surface area contributed by atoms with Gasteiger partial charge in [0.1, 0.15) is 0 Å². The lowest BCUT2D eigenvalue weighted by Crippen LogP contribution is -2.47. The Balaban J connectivity index is 2.01. The van der Waals surface area contributed by atoms with Gasteiger partial charge < -0.3 is 10.4 Å². The number of piperidine rings is 1. The minimum Gasteiger partial charge on any atom is -0.396 e. The number of benzene rings is 1. The SMILES string of the molecule is CC(C(=O)Nc1cccc(C(F)(F)F)c1)N1CCCC(CO)C1. The number of likely N-dealkylation sites (tertiary alicyclic amines) is 1. The van der Waals surface area contributed by atoms with Crippen LogP contribution in [0.15, 0.2) is 24.3 Å². The molecule has 0 aromatic heterocycles. The van der Waals surface area contributed by atoms with Crippen molar-refractivity contribution >= 4 is 11.6 Å². The first-order valence-corrected chi connectivity index (χ1v) is 7.64. The number of aliphatic hydroxyl groups excluding tert-OH is 1. The molecule has 2 atom stereocenters. The number of amides is 1. The Hall–Kier alpha value is -1.60. The summed E-state index contributed by atoms with van der Waals surface area (Å²) in [5.41, 5.74) is -0.659. The van der Waals surface area contributed by atoms with Crippen LogP contribution in [-0.2, 0) is 11.0 Å². The number of hydrogen-bond donors (Lipinski definition) is 2. The van der Waals surface area contributed by atoms with E-state index in [2.05, 4.69) is 5.32 Å². The Morgan fingerprint density at radius 3 is 2.87 bits per heavy atom. The lowest BCUT2D eigenvalue weighted by atomic mass is 9.97. The van der Waals surface area contributed by atoms with Gasteiger partial charge in [0, 0.05) is 18.8 Å². The Morgan fingerprint density at radius 1 is 1.48 bits per heavy atom. The van der Waals surface area contributed by atoms with Gasteiger partial charge in [0.25, 0.3) is 0 Å². The lowest BCUT2D eigenvalue weighted by Gasteiger charge is -2.35. The molecule has 1 fully saturated rings. The molecule has 0 saturated carbocycles. The quantitative estimate of drug-likeness (QED) is 0.892. The third-order valence-corrected chi connectivity index (χ3v) is 4.19. The number of hydrogen-bond acceptors (Lipinski definition) is 3. The predicted molar refractivity (Wildman–Crippen MR) is 80.9 cm³/mol.